The van der Waals surface area contributed by atoms with Crippen LogP contribution in [-0.2, 0) is 16.7 Å². The summed E-state index contributed by atoms with van der Waals surface area (Å²) in [5, 5.41) is 2.25. The molecule has 0 spiro atoms. The number of fused-ring (bicyclic) bond motifs is 4. The lowest BCUT2D eigenvalue weighted by molar-refractivity contribution is -0.213. The molecule has 1 heterocycles. The van der Waals surface area contributed by atoms with Crippen LogP contribution in [0.2, 0.25) is 0 Å². The molecule has 144 valence electrons. The lowest BCUT2D eigenvalue weighted by Crippen LogP contribution is -2.39. The van der Waals surface area contributed by atoms with Gasteiger partial charge in [0, 0.05) is 11.5 Å². The Hall–Kier alpha value is -1.64. The maximum absolute atomic E-state index is 6.53. The van der Waals surface area contributed by atoms with Crippen molar-refractivity contribution in [2.24, 2.45) is 0 Å². The molecule has 1 aliphatic heterocycles. The molecule has 4 rings (SSSR count). The molecule has 3 atom stereocenters. The highest BCUT2D eigenvalue weighted by atomic mass is 16.7. The number of hydrogen-bond acceptors (Lipinski definition) is 2. The van der Waals surface area contributed by atoms with Gasteiger partial charge in [0.1, 0.15) is 0 Å². The molecular formula is C25H33NO. The molecule has 2 aliphatic rings. The van der Waals surface area contributed by atoms with Gasteiger partial charge in [-0.3, -0.25) is 4.84 Å². The molecule has 2 heteroatoms. The standard InChI is InChI=1S/C25H33NO/c1-24(2,3)18-13-11-17(12-14-18)15-21-19-9-7-8-10-20(19)22-16-23(21)27-26(22)25(4,5)6/h7-14,21-23H,15-16H2,1-6H3. The van der Waals surface area contributed by atoms with Gasteiger partial charge < -0.3 is 0 Å². The Morgan fingerprint density at radius 1 is 0.889 bits per heavy atom. The summed E-state index contributed by atoms with van der Waals surface area (Å²) in [6.45, 7) is 13.6. The van der Waals surface area contributed by atoms with Gasteiger partial charge in [-0.1, -0.05) is 69.3 Å². The normalized spacial score (nSPS) is 25.5. The van der Waals surface area contributed by atoms with Gasteiger partial charge in [0.05, 0.1) is 12.1 Å². The van der Waals surface area contributed by atoms with E-state index >= 15 is 0 Å². The van der Waals surface area contributed by atoms with Crippen LogP contribution >= 0.6 is 0 Å². The van der Waals surface area contributed by atoms with E-state index < -0.39 is 0 Å². The molecule has 2 nitrogen and oxygen atoms in total. The quantitative estimate of drug-likeness (QED) is 0.632. The van der Waals surface area contributed by atoms with Crippen molar-refractivity contribution in [3.63, 3.8) is 0 Å². The number of hydroxylamine groups is 2. The highest BCUT2D eigenvalue weighted by Gasteiger charge is 2.48. The fourth-order valence-corrected chi connectivity index (χ4v) is 4.68. The molecule has 1 fully saturated rings. The Balaban J connectivity index is 1.65. The Morgan fingerprint density at radius 2 is 1.52 bits per heavy atom. The first-order valence-corrected chi connectivity index (χ1v) is 10.3. The van der Waals surface area contributed by atoms with Crippen LogP contribution in [-0.4, -0.2) is 16.7 Å². The maximum atomic E-state index is 6.53. The average Bonchev–Trinajstić information content (AvgIpc) is 3.00. The summed E-state index contributed by atoms with van der Waals surface area (Å²) in [6.07, 6.45) is 2.40. The zero-order chi connectivity index (χ0) is 19.4. The molecule has 0 N–H and O–H groups in total. The second-order valence-electron chi connectivity index (χ2n) is 10.3. The molecule has 1 saturated heterocycles. The van der Waals surface area contributed by atoms with Crippen LogP contribution in [0.3, 0.4) is 0 Å². The summed E-state index contributed by atoms with van der Waals surface area (Å²) in [6, 6.07) is 18.6. The smallest absolute Gasteiger partial charge is 0.0884 e. The third-order valence-corrected chi connectivity index (χ3v) is 6.13. The summed E-state index contributed by atoms with van der Waals surface area (Å²) in [5.74, 6) is 0.422. The molecule has 1 aliphatic carbocycles. The van der Waals surface area contributed by atoms with Gasteiger partial charge in [0.15, 0.2) is 0 Å². The van der Waals surface area contributed by atoms with Gasteiger partial charge in [0.25, 0.3) is 0 Å². The third-order valence-electron chi connectivity index (χ3n) is 6.13. The van der Waals surface area contributed by atoms with E-state index in [1.54, 1.807) is 0 Å². The van der Waals surface area contributed by atoms with E-state index in [0.717, 1.165) is 12.8 Å². The maximum Gasteiger partial charge on any atom is 0.0884 e. The van der Waals surface area contributed by atoms with Crippen LogP contribution in [0.4, 0.5) is 0 Å². The summed E-state index contributed by atoms with van der Waals surface area (Å²) in [5.41, 5.74) is 5.94. The van der Waals surface area contributed by atoms with Crippen molar-refractivity contribution in [3.05, 3.63) is 70.8 Å². The molecular weight excluding hydrogens is 330 g/mol. The molecule has 3 unspecified atom stereocenters. The monoisotopic (exact) mass is 363 g/mol. The van der Waals surface area contributed by atoms with E-state index in [4.69, 9.17) is 4.84 Å². The minimum Gasteiger partial charge on any atom is -0.294 e. The minimum absolute atomic E-state index is 0.00970. The van der Waals surface area contributed by atoms with Gasteiger partial charge in [-0.15, -0.1) is 0 Å². The van der Waals surface area contributed by atoms with Crippen LogP contribution in [0.1, 0.15) is 82.2 Å². The first-order chi connectivity index (χ1) is 12.6. The van der Waals surface area contributed by atoms with Crippen LogP contribution in [0.25, 0.3) is 0 Å². The van der Waals surface area contributed by atoms with Gasteiger partial charge in [0.2, 0.25) is 0 Å². The molecule has 2 bridgehead atoms. The number of benzene rings is 2. The van der Waals surface area contributed by atoms with Crippen LogP contribution in [0.5, 0.6) is 0 Å². The predicted molar refractivity (Wildman–Crippen MR) is 112 cm³/mol. The van der Waals surface area contributed by atoms with Gasteiger partial charge in [-0.2, -0.15) is 5.06 Å². The molecule has 2 aromatic carbocycles. The van der Waals surface area contributed by atoms with Gasteiger partial charge >= 0.3 is 0 Å². The topological polar surface area (TPSA) is 12.5 Å². The summed E-state index contributed by atoms with van der Waals surface area (Å²) >= 11 is 0. The highest BCUT2D eigenvalue weighted by molar-refractivity contribution is 5.39. The van der Waals surface area contributed by atoms with Crippen molar-refractivity contribution in [1.29, 1.82) is 0 Å². The first-order valence-electron chi connectivity index (χ1n) is 10.3. The molecule has 2 aromatic rings. The first kappa shape index (κ1) is 18.7. The van der Waals surface area contributed by atoms with Crippen molar-refractivity contribution < 1.29 is 4.84 Å². The van der Waals surface area contributed by atoms with Crippen LogP contribution < -0.4 is 0 Å². The zero-order valence-corrected chi connectivity index (χ0v) is 17.6. The second-order valence-corrected chi connectivity index (χ2v) is 10.3. The van der Waals surface area contributed by atoms with E-state index in [-0.39, 0.29) is 17.1 Å². The second kappa shape index (κ2) is 6.46. The SMILES string of the molecule is CC(C)(C)c1ccc(CC2c3ccccc3C3CC2ON3C(C)(C)C)cc1. The summed E-state index contributed by atoms with van der Waals surface area (Å²) < 4.78 is 0. The van der Waals surface area contributed by atoms with Gasteiger partial charge in [-0.25, -0.2) is 0 Å². The fraction of sp³-hybridized carbons (Fsp3) is 0.520. The van der Waals surface area contributed by atoms with E-state index in [9.17, 15) is 0 Å². The lowest BCUT2D eigenvalue weighted by Gasteiger charge is -2.35. The van der Waals surface area contributed by atoms with Gasteiger partial charge in [-0.05, 0) is 61.3 Å². The third kappa shape index (κ3) is 3.46. The van der Waals surface area contributed by atoms with E-state index in [2.05, 4.69) is 95.1 Å². The summed E-state index contributed by atoms with van der Waals surface area (Å²) in [4.78, 5) is 6.53. The molecule has 27 heavy (non-hydrogen) atoms. The number of nitrogens with zero attached hydrogens (tertiary/aromatic N) is 1. The molecule has 0 radical (unpaired) electrons. The van der Waals surface area contributed by atoms with E-state index in [0.29, 0.717) is 12.0 Å². The van der Waals surface area contributed by atoms with Crippen molar-refractivity contribution >= 4 is 0 Å². The van der Waals surface area contributed by atoms with E-state index in [1.807, 2.05) is 0 Å². The Morgan fingerprint density at radius 3 is 2.11 bits per heavy atom. The largest absolute Gasteiger partial charge is 0.294 e. The Bertz CT molecular complexity index is 809. The minimum atomic E-state index is 0.00970. The van der Waals surface area contributed by atoms with Crippen molar-refractivity contribution in [1.82, 2.24) is 5.06 Å². The summed E-state index contributed by atoms with van der Waals surface area (Å²) in [7, 11) is 0. The number of rotatable bonds is 2. The highest BCUT2D eigenvalue weighted by Crippen LogP contribution is 2.50. The zero-order valence-electron chi connectivity index (χ0n) is 17.6. The predicted octanol–water partition coefficient (Wildman–Crippen LogP) is 6.17. The van der Waals surface area contributed by atoms with E-state index in [1.165, 1.54) is 22.3 Å². The van der Waals surface area contributed by atoms with Crippen molar-refractivity contribution in [3.8, 4) is 0 Å². The Labute approximate surface area is 164 Å². The van der Waals surface area contributed by atoms with Crippen molar-refractivity contribution in [2.75, 3.05) is 0 Å². The Kier molecular flexibility index (Phi) is 4.48. The van der Waals surface area contributed by atoms with Crippen molar-refractivity contribution in [2.45, 2.75) is 83.4 Å². The van der Waals surface area contributed by atoms with Crippen LogP contribution in [0, 0.1) is 0 Å². The molecule has 0 aromatic heterocycles. The molecule has 0 amide bonds. The fourth-order valence-electron chi connectivity index (χ4n) is 4.68. The van der Waals surface area contributed by atoms with Crippen LogP contribution in [0.15, 0.2) is 48.5 Å². The number of hydrogen-bond donors (Lipinski definition) is 0. The lowest BCUT2D eigenvalue weighted by atomic mass is 9.75. The molecule has 0 saturated carbocycles. The average molecular weight is 364 g/mol.